The van der Waals surface area contributed by atoms with E-state index in [2.05, 4.69) is 4.72 Å². The third-order valence-corrected chi connectivity index (χ3v) is 6.28. The highest BCUT2D eigenvalue weighted by molar-refractivity contribution is 7.89. The van der Waals surface area contributed by atoms with Crippen LogP contribution in [-0.4, -0.2) is 8.42 Å². The van der Waals surface area contributed by atoms with Gasteiger partial charge in [-0.3, -0.25) is 0 Å². The van der Waals surface area contributed by atoms with E-state index in [-0.39, 0.29) is 23.0 Å². The van der Waals surface area contributed by atoms with Crippen LogP contribution in [-0.2, 0) is 23.1 Å². The Bertz CT molecular complexity index is 760. The predicted octanol–water partition coefficient (Wildman–Crippen LogP) is 3.65. The van der Waals surface area contributed by atoms with Crippen LogP contribution < -0.4 is 10.5 Å². The van der Waals surface area contributed by atoms with Gasteiger partial charge in [0, 0.05) is 28.6 Å². The maximum absolute atomic E-state index is 12.3. The molecule has 0 fully saturated rings. The van der Waals surface area contributed by atoms with Crippen LogP contribution in [0.25, 0.3) is 0 Å². The molecule has 0 radical (unpaired) electrons. The normalized spacial score (nSPS) is 11.8. The quantitative estimate of drug-likeness (QED) is 0.825. The molecule has 0 saturated carbocycles. The summed E-state index contributed by atoms with van der Waals surface area (Å²) < 4.78 is 27.7. The van der Waals surface area contributed by atoms with Crippen molar-refractivity contribution in [3.8, 4) is 0 Å². The van der Waals surface area contributed by atoms with E-state index in [4.69, 9.17) is 40.5 Å². The smallest absolute Gasteiger partial charge is 0.242 e. The van der Waals surface area contributed by atoms with Crippen LogP contribution in [0.3, 0.4) is 0 Å². The van der Waals surface area contributed by atoms with E-state index in [1.807, 2.05) is 0 Å². The summed E-state index contributed by atoms with van der Waals surface area (Å²) >= 11 is 19.1. The van der Waals surface area contributed by atoms with Gasteiger partial charge in [-0.15, -0.1) is 11.3 Å². The molecule has 4 nitrogen and oxygen atoms in total. The van der Waals surface area contributed by atoms with Crippen molar-refractivity contribution in [2.24, 2.45) is 5.73 Å². The van der Waals surface area contributed by atoms with Gasteiger partial charge in [-0.2, -0.15) is 0 Å². The molecular formula is C12H11Cl3N2O2S2. The van der Waals surface area contributed by atoms with Crippen molar-refractivity contribution in [2.45, 2.75) is 18.0 Å². The molecule has 2 rings (SSSR count). The Balaban J connectivity index is 2.27. The Kier molecular flexibility index (Phi) is 5.54. The zero-order valence-electron chi connectivity index (χ0n) is 10.6. The molecule has 1 heterocycles. The van der Waals surface area contributed by atoms with E-state index in [1.165, 1.54) is 23.5 Å². The minimum atomic E-state index is -3.76. The summed E-state index contributed by atoms with van der Waals surface area (Å²) in [5.74, 6) is 0. The van der Waals surface area contributed by atoms with Gasteiger partial charge in [-0.05, 0) is 24.3 Å². The van der Waals surface area contributed by atoms with Gasteiger partial charge in [0.05, 0.1) is 9.36 Å². The van der Waals surface area contributed by atoms with Gasteiger partial charge in [0.1, 0.15) is 4.90 Å². The Labute approximate surface area is 141 Å². The third kappa shape index (κ3) is 3.90. The topological polar surface area (TPSA) is 72.2 Å². The molecule has 0 aliphatic rings. The molecule has 0 atom stereocenters. The van der Waals surface area contributed by atoms with E-state index < -0.39 is 10.0 Å². The first kappa shape index (κ1) is 17.0. The average Bonchev–Trinajstić information content (AvgIpc) is 2.83. The Hall–Kier alpha value is -0.340. The Morgan fingerprint density at radius 1 is 1.14 bits per heavy atom. The third-order valence-electron chi connectivity index (χ3n) is 2.71. The summed E-state index contributed by atoms with van der Waals surface area (Å²) in [5, 5.41) is 0.383. The molecule has 0 bridgehead atoms. The van der Waals surface area contributed by atoms with Gasteiger partial charge in [0.2, 0.25) is 10.0 Å². The van der Waals surface area contributed by atoms with E-state index in [9.17, 15) is 8.42 Å². The number of thiophene rings is 1. The van der Waals surface area contributed by atoms with Crippen molar-refractivity contribution in [1.29, 1.82) is 0 Å². The highest BCUT2D eigenvalue weighted by Gasteiger charge is 2.21. The Morgan fingerprint density at radius 3 is 2.43 bits per heavy atom. The number of halogens is 3. The van der Waals surface area contributed by atoms with Crippen LogP contribution in [0.1, 0.15) is 10.4 Å². The van der Waals surface area contributed by atoms with Gasteiger partial charge in [-0.25, -0.2) is 13.1 Å². The van der Waals surface area contributed by atoms with E-state index in [0.29, 0.717) is 14.9 Å². The summed E-state index contributed by atoms with van der Waals surface area (Å²) in [5.41, 5.74) is 5.94. The molecule has 1 aromatic carbocycles. The van der Waals surface area contributed by atoms with Gasteiger partial charge in [-0.1, -0.05) is 34.8 Å². The second-order valence-electron chi connectivity index (χ2n) is 4.07. The lowest BCUT2D eigenvalue weighted by atomic mass is 10.2. The van der Waals surface area contributed by atoms with E-state index >= 15 is 0 Å². The number of nitrogens with one attached hydrogen (secondary N) is 1. The second kappa shape index (κ2) is 6.83. The van der Waals surface area contributed by atoms with Crippen LogP contribution in [0, 0.1) is 0 Å². The molecule has 9 heteroatoms. The van der Waals surface area contributed by atoms with Crippen molar-refractivity contribution in [2.75, 3.05) is 0 Å². The first-order valence-electron chi connectivity index (χ1n) is 5.76. The van der Waals surface area contributed by atoms with Gasteiger partial charge in [0.15, 0.2) is 0 Å². The van der Waals surface area contributed by atoms with Crippen LogP contribution in [0.5, 0.6) is 0 Å². The fourth-order valence-corrected chi connectivity index (χ4v) is 4.72. The maximum Gasteiger partial charge on any atom is 0.242 e. The van der Waals surface area contributed by atoms with Crippen molar-refractivity contribution >= 4 is 56.2 Å². The molecule has 3 N–H and O–H groups in total. The summed E-state index contributed by atoms with van der Waals surface area (Å²) in [7, 11) is -3.76. The minimum absolute atomic E-state index is 0.0433. The zero-order valence-corrected chi connectivity index (χ0v) is 14.5. The molecule has 21 heavy (non-hydrogen) atoms. The van der Waals surface area contributed by atoms with Crippen LogP contribution >= 0.6 is 46.1 Å². The van der Waals surface area contributed by atoms with E-state index in [1.54, 1.807) is 12.1 Å². The lowest BCUT2D eigenvalue weighted by Gasteiger charge is -2.11. The number of benzene rings is 1. The average molecular weight is 386 g/mol. The lowest BCUT2D eigenvalue weighted by molar-refractivity contribution is 0.581. The largest absolute Gasteiger partial charge is 0.326 e. The van der Waals surface area contributed by atoms with Crippen molar-refractivity contribution in [3.05, 3.63) is 49.1 Å². The SMILES string of the molecule is NCc1c(Cl)ccc(S(=O)(=O)NCc2ccc(Cl)s2)c1Cl. The standard InChI is InChI=1S/C12H11Cl3N2O2S2/c13-9-2-3-10(12(15)8(9)5-16)21(18,19)17-6-7-1-4-11(14)20-7/h1-4,17H,5-6,16H2. The predicted molar refractivity (Wildman–Crippen MR) is 87.7 cm³/mol. The molecule has 0 amide bonds. The molecular weight excluding hydrogens is 375 g/mol. The first-order valence-corrected chi connectivity index (χ1v) is 9.19. The van der Waals surface area contributed by atoms with Crippen LogP contribution in [0.4, 0.5) is 0 Å². The summed E-state index contributed by atoms with van der Waals surface area (Å²) in [4.78, 5) is 0.754. The number of hydrogen-bond acceptors (Lipinski definition) is 4. The van der Waals surface area contributed by atoms with Crippen molar-refractivity contribution in [3.63, 3.8) is 0 Å². The summed E-state index contributed by atoms with van der Waals surface area (Å²) in [6.45, 7) is 0.193. The zero-order chi connectivity index (χ0) is 15.6. The number of hydrogen-bond donors (Lipinski definition) is 2. The minimum Gasteiger partial charge on any atom is -0.326 e. The monoisotopic (exact) mass is 384 g/mol. The summed E-state index contributed by atoms with van der Waals surface area (Å²) in [6, 6.07) is 6.28. The fraction of sp³-hybridized carbons (Fsp3) is 0.167. The molecule has 0 aliphatic carbocycles. The highest BCUT2D eigenvalue weighted by Crippen LogP contribution is 2.31. The molecule has 0 aliphatic heterocycles. The number of sulfonamides is 1. The van der Waals surface area contributed by atoms with Gasteiger partial charge in [0.25, 0.3) is 0 Å². The molecule has 0 unspecified atom stereocenters. The first-order chi connectivity index (χ1) is 9.85. The fourth-order valence-electron chi connectivity index (χ4n) is 1.66. The van der Waals surface area contributed by atoms with Crippen molar-refractivity contribution < 1.29 is 8.42 Å². The number of rotatable bonds is 5. The number of nitrogens with two attached hydrogens (primary N) is 1. The summed E-state index contributed by atoms with van der Waals surface area (Å²) in [6.07, 6.45) is 0. The highest BCUT2D eigenvalue weighted by atomic mass is 35.5. The molecule has 1 aromatic heterocycles. The molecule has 114 valence electrons. The lowest BCUT2D eigenvalue weighted by Crippen LogP contribution is -2.23. The Morgan fingerprint density at radius 2 is 1.86 bits per heavy atom. The van der Waals surface area contributed by atoms with Gasteiger partial charge < -0.3 is 5.73 Å². The van der Waals surface area contributed by atoms with Crippen LogP contribution in [0.15, 0.2) is 29.2 Å². The van der Waals surface area contributed by atoms with Crippen molar-refractivity contribution in [1.82, 2.24) is 4.72 Å². The van der Waals surface area contributed by atoms with Crippen LogP contribution in [0.2, 0.25) is 14.4 Å². The molecule has 0 saturated heterocycles. The maximum atomic E-state index is 12.3. The van der Waals surface area contributed by atoms with Gasteiger partial charge >= 0.3 is 0 Å². The second-order valence-corrected chi connectivity index (χ2v) is 8.39. The molecule has 0 spiro atoms. The van der Waals surface area contributed by atoms with E-state index in [0.717, 1.165) is 4.88 Å². The molecule has 2 aromatic rings.